The molecule has 0 saturated heterocycles. The van der Waals surface area contributed by atoms with Crippen LogP contribution in [0.25, 0.3) is 10.2 Å². The lowest BCUT2D eigenvalue weighted by atomic mass is 10.2. The first-order valence-corrected chi connectivity index (χ1v) is 8.83. The number of anilines is 1. The van der Waals surface area contributed by atoms with Gasteiger partial charge in [-0.05, 0) is 35.7 Å². The lowest BCUT2D eigenvalue weighted by molar-refractivity contribution is -0.113. The van der Waals surface area contributed by atoms with Gasteiger partial charge in [0.1, 0.15) is 11.4 Å². The van der Waals surface area contributed by atoms with Crippen LogP contribution in [-0.4, -0.2) is 34.7 Å². The molecule has 6 nitrogen and oxygen atoms in total. The summed E-state index contributed by atoms with van der Waals surface area (Å²) in [5.74, 6) is -0.316. The van der Waals surface area contributed by atoms with Crippen molar-refractivity contribution in [2.75, 3.05) is 18.2 Å². The van der Waals surface area contributed by atoms with Crippen molar-refractivity contribution in [2.45, 2.75) is 5.03 Å². The molecule has 0 saturated carbocycles. The molecule has 0 atom stereocenters. The van der Waals surface area contributed by atoms with Crippen LogP contribution in [-0.2, 0) is 9.53 Å². The molecule has 0 unspecified atom stereocenters. The van der Waals surface area contributed by atoms with Crippen LogP contribution in [0.3, 0.4) is 0 Å². The number of thioether (sulfide) groups is 1. The molecule has 122 valence electrons. The number of amides is 1. The van der Waals surface area contributed by atoms with Gasteiger partial charge in [-0.25, -0.2) is 14.8 Å². The highest BCUT2D eigenvalue weighted by molar-refractivity contribution is 8.00. The van der Waals surface area contributed by atoms with Crippen molar-refractivity contribution in [3.63, 3.8) is 0 Å². The van der Waals surface area contributed by atoms with E-state index in [1.54, 1.807) is 35.6 Å². The van der Waals surface area contributed by atoms with E-state index in [9.17, 15) is 9.59 Å². The number of esters is 1. The molecule has 0 aliphatic heterocycles. The van der Waals surface area contributed by atoms with Crippen molar-refractivity contribution in [2.24, 2.45) is 0 Å². The Labute approximate surface area is 146 Å². The molecule has 0 bridgehead atoms. The molecule has 1 N–H and O–H groups in total. The van der Waals surface area contributed by atoms with E-state index in [4.69, 9.17) is 0 Å². The van der Waals surface area contributed by atoms with Crippen LogP contribution in [0.1, 0.15) is 10.4 Å². The second-order valence-corrected chi connectivity index (χ2v) is 6.60. The third kappa shape index (κ3) is 3.72. The van der Waals surface area contributed by atoms with Gasteiger partial charge in [0, 0.05) is 5.69 Å². The van der Waals surface area contributed by atoms with E-state index in [1.807, 2.05) is 11.4 Å². The Morgan fingerprint density at radius 3 is 2.75 bits per heavy atom. The van der Waals surface area contributed by atoms with Crippen molar-refractivity contribution in [1.82, 2.24) is 9.97 Å². The predicted octanol–water partition coefficient (Wildman–Crippen LogP) is 3.21. The van der Waals surface area contributed by atoms with Gasteiger partial charge < -0.3 is 10.1 Å². The maximum Gasteiger partial charge on any atom is 0.337 e. The summed E-state index contributed by atoms with van der Waals surface area (Å²) < 4.78 is 5.62. The highest BCUT2D eigenvalue weighted by Crippen LogP contribution is 2.28. The summed E-state index contributed by atoms with van der Waals surface area (Å²) in [6.45, 7) is 0. The molecule has 1 aromatic carbocycles. The Balaban J connectivity index is 1.59. The Bertz CT molecular complexity index is 878. The second kappa shape index (κ2) is 7.41. The number of methoxy groups -OCH3 is 1. The standard InChI is InChI=1S/C16H13N3O3S2/c1-22-16(21)10-2-4-11(5-3-10)19-13(20)8-24-15-14-12(6-7-23-14)17-9-18-15/h2-7,9H,8H2,1H3,(H,19,20). The van der Waals surface area contributed by atoms with Crippen molar-refractivity contribution in [3.05, 3.63) is 47.6 Å². The molecule has 0 aliphatic carbocycles. The maximum absolute atomic E-state index is 12.1. The highest BCUT2D eigenvalue weighted by atomic mass is 32.2. The number of benzene rings is 1. The Kier molecular flexibility index (Phi) is 5.07. The number of nitrogens with one attached hydrogen (secondary N) is 1. The molecule has 0 spiro atoms. The Morgan fingerprint density at radius 1 is 1.21 bits per heavy atom. The molecule has 8 heteroatoms. The minimum Gasteiger partial charge on any atom is -0.465 e. The van der Waals surface area contributed by atoms with E-state index in [-0.39, 0.29) is 11.7 Å². The average Bonchev–Trinajstić information content (AvgIpc) is 3.09. The first-order valence-electron chi connectivity index (χ1n) is 6.96. The molecule has 0 fully saturated rings. The topological polar surface area (TPSA) is 81.2 Å². The van der Waals surface area contributed by atoms with Gasteiger partial charge in [0.05, 0.1) is 28.6 Å². The molecular formula is C16H13N3O3S2. The van der Waals surface area contributed by atoms with Gasteiger partial charge in [-0.3, -0.25) is 4.79 Å². The fourth-order valence-electron chi connectivity index (χ4n) is 2.01. The number of nitrogens with zero attached hydrogens (tertiary/aromatic N) is 2. The number of fused-ring (bicyclic) bond motifs is 1. The van der Waals surface area contributed by atoms with E-state index < -0.39 is 5.97 Å². The van der Waals surface area contributed by atoms with Crippen LogP contribution in [0.2, 0.25) is 0 Å². The van der Waals surface area contributed by atoms with Gasteiger partial charge in [0.2, 0.25) is 5.91 Å². The van der Waals surface area contributed by atoms with E-state index in [2.05, 4.69) is 20.0 Å². The molecule has 0 aliphatic rings. The fourth-order valence-corrected chi connectivity index (χ4v) is 3.75. The molecule has 2 aromatic heterocycles. The third-order valence-electron chi connectivity index (χ3n) is 3.14. The van der Waals surface area contributed by atoms with Gasteiger partial charge in [0.15, 0.2) is 0 Å². The van der Waals surface area contributed by atoms with Crippen molar-refractivity contribution >= 4 is 50.9 Å². The smallest absolute Gasteiger partial charge is 0.337 e. The molecule has 2 heterocycles. The highest BCUT2D eigenvalue weighted by Gasteiger charge is 2.10. The Hall–Kier alpha value is -2.45. The summed E-state index contributed by atoms with van der Waals surface area (Å²) >= 11 is 2.92. The summed E-state index contributed by atoms with van der Waals surface area (Å²) in [5.41, 5.74) is 1.94. The zero-order chi connectivity index (χ0) is 16.9. The number of ether oxygens (including phenoxy) is 1. The van der Waals surface area contributed by atoms with Crippen LogP contribution in [0.15, 0.2) is 47.1 Å². The third-order valence-corrected chi connectivity index (χ3v) is 5.17. The van der Waals surface area contributed by atoms with Gasteiger partial charge >= 0.3 is 5.97 Å². The number of aromatic nitrogens is 2. The monoisotopic (exact) mass is 359 g/mol. The molecular weight excluding hydrogens is 346 g/mol. The number of rotatable bonds is 5. The summed E-state index contributed by atoms with van der Waals surface area (Å²) in [7, 11) is 1.33. The summed E-state index contributed by atoms with van der Waals surface area (Å²) in [6, 6.07) is 8.46. The van der Waals surface area contributed by atoms with E-state index in [0.29, 0.717) is 11.3 Å². The van der Waals surface area contributed by atoms with Crippen molar-refractivity contribution in [3.8, 4) is 0 Å². The lowest BCUT2D eigenvalue weighted by Gasteiger charge is -2.06. The average molecular weight is 359 g/mol. The number of carbonyl (C=O) groups is 2. The van der Waals surface area contributed by atoms with E-state index in [1.165, 1.54) is 25.2 Å². The van der Waals surface area contributed by atoms with Crippen LogP contribution >= 0.6 is 23.1 Å². The van der Waals surface area contributed by atoms with Crippen LogP contribution in [0.5, 0.6) is 0 Å². The molecule has 0 radical (unpaired) electrons. The fraction of sp³-hybridized carbons (Fsp3) is 0.125. The van der Waals surface area contributed by atoms with E-state index in [0.717, 1.165) is 15.2 Å². The van der Waals surface area contributed by atoms with Gasteiger partial charge in [-0.1, -0.05) is 11.8 Å². The molecule has 24 heavy (non-hydrogen) atoms. The second-order valence-electron chi connectivity index (χ2n) is 4.72. The van der Waals surface area contributed by atoms with Crippen LogP contribution in [0.4, 0.5) is 5.69 Å². The first kappa shape index (κ1) is 16.4. The number of hydrogen-bond donors (Lipinski definition) is 1. The maximum atomic E-state index is 12.1. The van der Waals surface area contributed by atoms with E-state index >= 15 is 0 Å². The van der Waals surface area contributed by atoms with Crippen molar-refractivity contribution in [1.29, 1.82) is 0 Å². The summed E-state index contributed by atoms with van der Waals surface area (Å²) in [6.07, 6.45) is 1.50. The summed E-state index contributed by atoms with van der Waals surface area (Å²) in [5, 5.41) is 5.53. The quantitative estimate of drug-likeness (QED) is 0.428. The first-order chi connectivity index (χ1) is 11.7. The van der Waals surface area contributed by atoms with Gasteiger partial charge in [0.25, 0.3) is 0 Å². The largest absolute Gasteiger partial charge is 0.465 e. The summed E-state index contributed by atoms with van der Waals surface area (Å²) in [4.78, 5) is 31.8. The SMILES string of the molecule is COC(=O)c1ccc(NC(=O)CSc2ncnc3ccsc23)cc1. The van der Waals surface area contributed by atoms with Crippen molar-refractivity contribution < 1.29 is 14.3 Å². The number of hydrogen-bond acceptors (Lipinski definition) is 7. The van der Waals surface area contributed by atoms with Gasteiger partial charge in [-0.15, -0.1) is 11.3 Å². The zero-order valence-corrected chi connectivity index (χ0v) is 14.3. The zero-order valence-electron chi connectivity index (χ0n) is 12.7. The molecule has 3 rings (SSSR count). The lowest BCUT2D eigenvalue weighted by Crippen LogP contribution is -2.14. The Morgan fingerprint density at radius 2 is 2.00 bits per heavy atom. The molecule has 3 aromatic rings. The normalized spacial score (nSPS) is 10.5. The van der Waals surface area contributed by atoms with Crippen LogP contribution in [0, 0.1) is 0 Å². The number of thiophene rings is 1. The molecule has 1 amide bonds. The minimum absolute atomic E-state index is 0.144. The number of carbonyl (C=O) groups excluding carboxylic acids is 2. The predicted molar refractivity (Wildman–Crippen MR) is 94.6 cm³/mol. The minimum atomic E-state index is -0.410. The van der Waals surface area contributed by atoms with Crippen LogP contribution < -0.4 is 5.32 Å². The van der Waals surface area contributed by atoms with Gasteiger partial charge in [-0.2, -0.15) is 0 Å².